The lowest BCUT2D eigenvalue weighted by Crippen LogP contribution is -2.68. The summed E-state index contributed by atoms with van der Waals surface area (Å²) in [6.45, 7) is 12.4. The quantitative estimate of drug-likeness (QED) is 0.0640. The third-order valence-corrected chi connectivity index (χ3v) is 14.4. The minimum absolute atomic E-state index is 0.0407. The van der Waals surface area contributed by atoms with Crippen molar-refractivity contribution in [3.8, 4) is 0 Å². The number of aliphatic hydroxyl groups is 7. The van der Waals surface area contributed by atoms with Crippen molar-refractivity contribution in [1.29, 1.82) is 0 Å². The average molecular weight is 1020 g/mol. The van der Waals surface area contributed by atoms with Crippen molar-refractivity contribution in [3.05, 3.63) is 11.6 Å². The summed E-state index contributed by atoms with van der Waals surface area (Å²) in [5.41, 5.74) is 0.261. The van der Waals surface area contributed by atoms with Crippen LogP contribution in [0.5, 0.6) is 0 Å². The zero-order valence-electron chi connectivity index (χ0n) is 42.7. The highest BCUT2D eigenvalue weighted by Gasteiger charge is 2.58. The lowest BCUT2D eigenvalue weighted by Gasteiger charge is -2.50. The molecule has 22 atom stereocenters. The molecule has 5 aliphatic heterocycles. The first-order valence-electron chi connectivity index (χ1n) is 26.0. The van der Waals surface area contributed by atoms with E-state index in [0.717, 1.165) is 51.4 Å². The molecule has 21 nitrogen and oxygen atoms in total. The highest BCUT2D eigenvalue weighted by molar-refractivity contribution is 5.87. The first kappa shape index (κ1) is 59.4. The van der Waals surface area contributed by atoms with Gasteiger partial charge >= 0.3 is 17.9 Å². The number of carbonyl (C=O) groups excluding carboxylic acids is 3. The number of esters is 3. The normalized spacial score (nSPS) is 42.2. The minimum atomic E-state index is -1.92. The number of ether oxygens (including phenoxy) is 11. The second kappa shape index (κ2) is 28.4. The Labute approximate surface area is 417 Å². The van der Waals surface area contributed by atoms with Crippen molar-refractivity contribution < 1.29 is 102 Å². The monoisotopic (exact) mass is 1020 g/mol. The van der Waals surface area contributed by atoms with Crippen LogP contribution in [-0.4, -0.2) is 189 Å². The number of unbranched alkanes of at least 4 members (excludes halogenated alkanes) is 2. The predicted octanol–water partition coefficient (Wildman–Crippen LogP) is 2.50. The second-order valence-corrected chi connectivity index (χ2v) is 19.9. The van der Waals surface area contributed by atoms with E-state index in [1.54, 1.807) is 27.7 Å². The van der Waals surface area contributed by atoms with Crippen molar-refractivity contribution in [1.82, 2.24) is 0 Å². The van der Waals surface area contributed by atoms with Gasteiger partial charge < -0.3 is 87.9 Å². The number of hydrogen-bond acceptors (Lipinski definition) is 21. The van der Waals surface area contributed by atoms with E-state index in [-0.39, 0.29) is 18.1 Å². The molecule has 2 bridgehead atoms. The van der Waals surface area contributed by atoms with Crippen LogP contribution >= 0.6 is 0 Å². The Hall–Kier alpha value is -2.45. The summed E-state index contributed by atoms with van der Waals surface area (Å²) in [4.78, 5) is 40.5. The van der Waals surface area contributed by atoms with Gasteiger partial charge in [-0.3, -0.25) is 9.59 Å². The summed E-state index contributed by atoms with van der Waals surface area (Å²) in [5, 5.41) is 78.9. The largest absolute Gasteiger partial charge is 0.455 e. The number of allylic oxidation sites excluding steroid dienone is 1. The standard InChI is InChI=1S/C50H84O21/c1-9-12-18-21-30-22-19-16-14-13-15-17-20-23-32(52)66-43-40(69-47-38(58)37(57)39(28(7)62-47)67-45(59)25(4)10-2)29(8)63-50(44(43)68-46(60)26(5)11-3)71-42-36(56)34(54)31(24-51)65-49(42)70-41-35(55)33(53)27(6)61-48(41)64-30/h10,26-31,33-44,47-51,53-58H,9,11-24H2,1-8H3/b25-10+/t26-,27+,28+,29-,30?,31+,33-,34+,35-,36-,37+,38+,39+,40-,41+,42+,43+,44+,47-,48-,49-,50-/m0/s1. The van der Waals surface area contributed by atoms with Crippen LogP contribution in [0.3, 0.4) is 0 Å². The van der Waals surface area contributed by atoms with E-state index in [4.69, 9.17) is 52.1 Å². The first-order chi connectivity index (χ1) is 33.8. The minimum Gasteiger partial charge on any atom is -0.455 e. The Kier molecular flexibility index (Phi) is 23.8. The fourth-order valence-electron chi connectivity index (χ4n) is 9.42. The Morgan fingerprint density at radius 1 is 0.662 bits per heavy atom. The third kappa shape index (κ3) is 15.6. The first-order valence-corrected chi connectivity index (χ1v) is 26.0. The molecule has 1 unspecified atom stereocenters. The maximum Gasteiger partial charge on any atom is 0.333 e. The van der Waals surface area contributed by atoms with E-state index in [0.29, 0.717) is 32.1 Å². The van der Waals surface area contributed by atoms with Gasteiger partial charge in [0, 0.05) is 12.0 Å². The summed E-state index contributed by atoms with van der Waals surface area (Å²) >= 11 is 0. The van der Waals surface area contributed by atoms with Crippen LogP contribution in [0.4, 0.5) is 0 Å². The van der Waals surface area contributed by atoms with Gasteiger partial charge in [0.25, 0.3) is 0 Å². The molecule has 0 radical (unpaired) electrons. The summed E-state index contributed by atoms with van der Waals surface area (Å²) < 4.78 is 68.3. The third-order valence-electron chi connectivity index (χ3n) is 14.4. The zero-order chi connectivity index (χ0) is 52.1. The summed E-state index contributed by atoms with van der Waals surface area (Å²) in [6, 6.07) is 0. The van der Waals surface area contributed by atoms with E-state index in [1.807, 2.05) is 0 Å². The maximum atomic E-state index is 13.9. The van der Waals surface area contributed by atoms with Crippen LogP contribution < -0.4 is 0 Å². The average Bonchev–Trinajstić information content (AvgIpc) is 3.34. The number of aliphatic hydroxyl groups excluding tert-OH is 7. The van der Waals surface area contributed by atoms with E-state index in [1.165, 1.54) is 26.8 Å². The molecule has 21 heteroatoms. The van der Waals surface area contributed by atoms with Crippen LogP contribution in [-0.2, 0) is 66.5 Å². The zero-order valence-corrected chi connectivity index (χ0v) is 42.7. The lowest BCUT2D eigenvalue weighted by molar-refractivity contribution is -0.399. The smallest absolute Gasteiger partial charge is 0.333 e. The molecule has 5 aliphatic rings. The molecular formula is C50H84O21. The van der Waals surface area contributed by atoms with Gasteiger partial charge in [-0.05, 0) is 60.3 Å². The van der Waals surface area contributed by atoms with Gasteiger partial charge in [0.2, 0.25) is 0 Å². The van der Waals surface area contributed by atoms with Crippen LogP contribution in [0.2, 0.25) is 0 Å². The second-order valence-electron chi connectivity index (χ2n) is 19.9. The summed E-state index contributed by atoms with van der Waals surface area (Å²) in [6.07, 6.45) is -19.4. The highest BCUT2D eigenvalue weighted by Crippen LogP contribution is 2.38. The van der Waals surface area contributed by atoms with Crippen molar-refractivity contribution in [2.24, 2.45) is 5.92 Å². The van der Waals surface area contributed by atoms with Gasteiger partial charge in [0.15, 0.2) is 43.5 Å². The molecule has 5 fully saturated rings. The van der Waals surface area contributed by atoms with Crippen LogP contribution in [0.25, 0.3) is 0 Å². The lowest BCUT2D eigenvalue weighted by atomic mass is 9.95. The van der Waals surface area contributed by atoms with E-state index in [9.17, 15) is 50.1 Å². The molecule has 7 N–H and O–H groups in total. The number of rotatable bonds is 12. The Bertz CT molecular complexity index is 1670. The SMILES string of the molecule is C/C=C(\C)C(=O)O[C@H]1[C@H](O)[C@@H](O)[C@H](O[C@@H]2[C@H]3OC(=O)CCCCCCCCCC(CCCCC)O[C@@H]4O[C@H](C)[C@H](O)[C@H](O)[C@H]4O[C@@H]4O[C@H](CO)[C@@H](O)[C@H](O)[C@H]4O[C@H](O[C@H]2C)[C@@H]3OC(=O)[C@@H](C)CC)O[C@@H]1C. The van der Waals surface area contributed by atoms with E-state index in [2.05, 4.69) is 6.92 Å². The molecule has 0 saturated carbocycles. The molecule has 0 spiro atoms. The Morgan fingerprint density at radius 2 is 1.27 bits per heavy atom. The molecule has 5 heterocycles. The van der Waals surface area contributed by atoms with Crippen molar-refractivity contribution in [3.63, 3.8) is 0 Å². The van der Waals surface area contributed by atoms with Gasteiger partial charge in [-0.1, -0.05) is 84.6 Å². The van der Waals surface area contributed by atoms with Gasteiger partial charge in [-0.2, -0.15) is 0 Å². The summed E-state index contributed by atoms with van der Waals surface area (Å²) in [7, 11) is 0. The van der Waals surface area contributed by atoms with Crippen molar-refractivity contribution in [2.75, 3.05) is 6.61 Å². The summed E-state index contributed by atoms with van der Waals surface area (Å²) in [5.74, 6) is -2.91. The van der Waals surface area contributed by atoms with Gasteiger partial charge in [-0.25, -0.2) is 4.79 Å². The van der Waals surface area contributed by atoms with Gasteiger partial charge in [0.1, 0.15) is 61.0 Å². The molecule has 5 rings (SSSR count). The van der Waals surface area contributed by atoms with Crippen LogP contribution in [0.1, 0.15) is 145 Å². The number of carbonyl (C=O) groups is 3. The topological polar surface area (TPSA) is 294 Å². The number of fused-ring (bicyclic) bond motifs is 4. The Balaban J connectivity index is 1.55. The molecule has 0 aromatic heterocycles. The number of hydrogen-bond donors (Lipinski definition) is 7. The molecule has 410 valence electrons. The molecule has 0 amide bonds. The molecular weight excluding hydrogens is 937 g/mol. The van der Waals surface area contributed by atoms with Gasteiger partial charge in [0.05, 0.1) is 36.9 Å². The van der Waals surface area contributed by atoms with Crippen LogP contribution in [0.15, 0.2) is 11.6 Å². The Morgan fingerprint density at radius 3 is 1.92 bits per heavy atom. The van der Waals surface area contributed by atoms with Gasteiger partial charge in [-0.15, -0.1) is 0 Å². The molecule has 0 aromatic carbocycles. The predicted molar refractivity (Wildman–Crippen MR) is 249 cm³/mol. The molecule has 5 saturated heterocycles. The fourth-order valence-corrected chi connectivity index (χ4v) is 9.42. The van der Waals surface area contributed by atoms with E-state index >= 15 is 0 Å². The van der Waals surface area contributed by atoms with E-state index < -0.39 is 153 Å². The maximum absolute atomic E-state index is 13.9. The van der Waals surface area contributed by atoms with Crippen LogP contribution in [0, 0.1) is 5.92 Å². The fraction of sp³-hybridized carbons (Fsp3) is 0.900. The van der Waals surface area contributed by atoms with Crippen molar-refractivity contribution >= 4 is 17.9 Å². The molecule has 0 aromatic rings. The molecule has 0 aliphatic carbocycles. The molecule has 71 heavy (non-hydrogen) atoms. The highest BCUT2D eigenvalue weighted by atomic mass is 16.8. The van der Waals surface area contributed by atoms with Crippen molar-refractivity contribution in [2.45, 2.75) is 274 Å².